The van der Waals surface area contributed by atoms with E-state index in [-0.39, 0.29) is 18.3 Å². The number of amides is 1. The van der Waals surface area contributed by atoms with E-state index in [1.54, 1.807) is 0 Å². The number of carbonyl (C=O) groups excluding carboxylic acids is 1. The van der Waals surface area contributed by atoms with E-state index in [2.05, 4.69) is 5.32 Å². The molecule has 2 saturated carbocycles. The summed E-state index contributed by atoms with van der Waals surface area (Å²) in [6.45, 7) is 0.822. The molecule has 2 fully saturated rings. The third kappa shape index (κ3) is 3.63. The lowest BCUT2D eigenvalue weighted by atomic mass is 9.87. The van der Waals surface area contributed by atoms with Crippen molar-refractivity contribution in [1.82, 2.24) is 5.32 Å². The Morgan fingerprint density at radius 3 is 2.44 bits per heavy atom. The average molecular weight is 247 g/mol. The lowest BCUT2D eigenvalue weighted by molar-refractivity contribution is -0.123. The second-order valence-corrected chi connectivity index (χ2v) is 5.20. The molecule has 2 rings (SSSR count). The van der Waals surface area contributed by atoms with E-state index in [0.717, 1.165) is 31.7 Å². The summed E-state index contributed by atoms with van der Waals surface area (Å²) in [6, 6.07) is 0. The summed E-state index contributed by atoms with van der Waals surface area (Å²) < 4.78 is 0. The molecule has 0 aromatic rings. The van der Waals surface area contributed by atoms with Crippen molar-refractivity contribution in [2.75, 3.05) is 6.54 Å². The molecule has 0 spiro atoms. The zero-order valence-electron chi connectivity index (χ0n) is 9.84. The van der Waals surface area contributed by atoms with Gasteiger partial charge in [0.15, 0.2) is 0 Å². The van der Waals surface area contributed by atoms with Crippen LogP contribution in [0, 0.1) is 5.92 Å². The maximum absolute atomic E-state index is 11.5. The molecule has 0 radical (unpaired) electrons. The normalized spacial score (nSPS) is 23.3. The van der Waals surface area contributed by atoms with Crippen LogP contribution < -0.4 is 11.1 Å². The fourth-order valence-corrected chi connectivity index (χ4v) is 2.40. The molecule has 4 heteroatoms. The van der Waals surface area contributed by atoms with Gasteiger partial charge in [-0.1, -0.05) is 32.1 Å². The van der Waals surface area contributed by atoms with Gasteiger partial charge in [0.2, 0.25) is 5.91 Å². The maximum atomic E-state index is 11.5. The van der Waals surface area contributed by atoms with Crippen LogP contribution in [0.4, 0.5) is 0 Å². The van der Waals surface area contributed by atoms with Gasteiger partial charge in [0.05, 0.1) is 5.54 Å². The van der Waals surface area contributed by atoms with Crippen molar-refractivity contribution in [2.24, 2.45) is 11.7 Å². The van der Waals surface area contributed by atoms with Gasteiger partial charge in [-0.05, 0) is 25.2 Å². The summed E-state index contributed by atoms with van der Waals surface area (Å²) in [5.41, 5.74) is 5.30. The van der Waals surface area contributed by atoms with Crippen LogP contribution in [-0.2, 0) is 4.79 Å². The first-order chi connectivity index (χ1) is 7.21. The number of nitrogens with two attached hydrogens (primary N) is 1. The van der Waals surface area contributed by atoms with Crippen molar-refractivity contribution in [3.8, 4) is 0 Å². The highest BCUT2D eigenvalue weighted by molar-refractivity contribution is 5.88. The topological polar surface area (TPSA) is 55.1 Å². The van der Waals surface area contributed by atoms with E-state index in [9.17, 15) is 4.79 Å². The van der Waals surface area contributed by atoms with E-state index in [1.807, 2.05) is 0 Å². The molecule has 0 aromatic carbocycles. The molecule has 3 nitrogen and oxygen atoms in total. The number of hydrogen-bond donors (Lipinski definition) is 2. The van der Waals surface area contributed by atoms with Crippen LogP contribution in [0.1, 0.15) is 51.4 Å². The van der Waals surface area contributed by atoms with E-state index in [1.165, 1.54) is 32.1 Å². The predicted octanol–water partition coefficient (Wildman–Crippen LogP) is 1.99. The van der Waals surface area contributed by atoms with Crippen molar-refractivity contribution in [3.63, 3.8) is 0 Å². The van der Waals surface area contributed by atoms with Crippen LogP contribution >= 0.6 is 12.4 Å². The molecule has 0 unspecified atom stereocenters. The third-order valence-electron chi connectivity index (χ3n) is 3.80. The van der Waals surface area contributed by atoms with Gasteiger partial charge in [-0.3, -0.25) is 4.79 Å². The first-order valence-corrected chi connectivity index (χ1v) is 6.28. The summed E-state index contributed by atoms with van der Waals surface area (Å²) in [5.74, 6) is 0.908. The Kier molecular flexibility index (Phi) is 5.06. The van der Waals surface area contributed by atoms with Crippen molar-refractivity contribution in [2.45, 2.75) is 56.9 Å². The van der Waals surface area contributed by atoms with Crippen molar-refractivity contribution >= 4 is 18.3 Å². The van der Waals surface area contributed by atoms with Gasteiger partial charge in [0, 0.05) is 6.54 Å². The zero-order valence-corrected chi connectivity index (χ0v) is 10.7. The minimum Gasteiger partial charge on any atom is -0.354 e. The van der Waals surface area contributed by atoms with Crippen LogP contribution in [0.5, 0.6) is 0 Å². The van der Waals surface area contributed by atoms with E-state index in [4.69, 9.17) is 5.73 Å². The first-order valence-electron chi connectivity index (χ1n) is 6.28. The van der Waals surface area contributed by atoms with Gasteiger partial charge in [0.25, 0.3) is 0 Å². The minimum atomic E-state index is -0.493. The largest absolute Gasteiger partial charge is 0.354 e. The Bertz CT molecular complexity index is 235. The Labute approximate surface area is 104 Å². The molecule has 0 atom stereocenters. The molecule has 16 heavy (non-hydrogen) atoms. The summed E-state index contributed by atoms with van der Waals surface area (Å²) in [6.07, 6.45) is 9.72. The van der Waals surface area contributed by atoms with Crippen LogP contribution in [-0.4, -0.2) is 18.0 Å². The molecule has 2 aliphatic rings. The molecule has 0 heterocycles. The highest BCUT2D eigenvalue weighted by Crippen LogP contribution is 2.32. The average Bonchev–Trinajstić information content (AvgIpc) is 2.99. The second-order valence-electron chi connectivity index (χ2n) is 5.20. The van der Waals surface area contributed by atoms with E-state index < -0.39 is 5.54 Å². The first kappa shape index (κ1) is 13.8. The predicted molar refractivity (Wildman–Crippen MR) is 67.6 cm³/mol. The molecule has 1 amide bonds. The minimum absolute atomic E-state index is 0. The van der Waals surface area contributed by atoms with Crippen LogP contribution in [0.3, 0.4) is 0 Å². The molecule has 3 N–H and O–H groups in total. The Hall–Kier alpha value is -0.280. The molecule has 0 aliphatic heterocycles. The number of nitrogens with one attached hydrogen (secondary N) is 1. The van der Waals surface area contributed by atoms with Crippen LogP contribution in [0.15, 0.2) is 0 Å². The molecule has 0 aromatic heterocycles. The van der Waals surface area contributed by atoms with E-state index >= 15 is 0 Å². The second kappa shape index (κ2) is 5.87. The summed E-state index contributed by atoms with van der Waals surface area (Å²) in [5, 5.41) is 2.97. The van der Waals surface area contributed by atoms with Crippen molar-refractivity contribution < 1.29 is 4.79 Å². The fourth-order valence-electron chi connectivity index (χ4n) is 2.40. The van der Waals surface area contributed by atoms with Crippen LogP contribution in [0.25, 0.3) is 0 Å². The number of hydrogen-bond acceptors (Lipinski definition) is 2. The number of halogens is 1. The quantitative estimate of drug-likeness (QED) is 0.797. The number of carbonyl (C=O) groups is 1. The van der Waals surface area contributed by atoms with Gasteiger partial charge in [-0.25, -0.2) is 0 Å². The summed E-state index contributed by atoms with van der Waals surface area (Å²) in [4.78, 5) is 11.5. The Balaban J connectivity index is 0.00000128. The monoisotopic (exact) mass is 246 g/mol. The fraction of sp³-hybridized carbons (Fsp3) is 0.917. The van der Waals surface area contributed by atoms with Crippen molar-refractivity contribution in [1.29, 1.82) is 0 Å². The molecule has 0 saturated heterocycles. The summed E-state index contributed by atoms with van der Waals surface area (Å²) >= 11 is 0. The maximum Gasteiger partial charge on any atom is 0.240 e. The zero-order chi connectivity index (χ0) is 10.7. The number of rotatable bonds is 4. The van der Waals surface area contributed by atoms with Gasteiger partial charge < -0.3 is 11.1 Å². The standard InChI is InChI=1S/C12H22N2O.ClH/c13-12(7-8-12)11(15)14-9-6-10-4-2-1-3-5-10;/h10H,1-9,13H2,(H,14,15);1H. The molecular weight excluding hydrogens is 224 g/mol. The Morgan fingerprint density at radius 2 is 1.88 bits per heavy atom. The lowest BCUT2D eigenvalue weighted by Crippen LogP contribution is -2.43. The highest BCUT2D eigenvalue weighted by Gasteiger charge is 2.45. The molecule has 94 valence electrons. The molecular formula is C12H23ClN2O. The smallest absolute Gasteiger partial charge is 0.240 e. The Morgan fingerprint density at radius 1 is 1.25 bits per heavy atom. The van der Waals surface area contributed by atoms with E-state index in [0.29, 0.717) is 0 Å². The molecule has 0 bridgehead atoms. The third-order valence-corrected chi connectivity index (χ3v) is 3.80. The molecule has 2 aliphatic carbocycles. The van der Waals surface area contributed by atoms with Crippen LogP contribution in [0.2, 0.25) is 0 Å². The summed E-state index contributed by atoms with van der Waals surface area (Å²) in [7, 11) is 0. The van der Waals surface area contributed by atoms with Gasteiger partial charge in [-0.15, -0.1) is 12.4 Å². The van der Waals surface area contributed by atoms with Gasteiger partial charge in [-0.2, -0.15) is 0 Å². The SMILES string of the molecule is Cl.NC1(C(=O)NCCC2CCCCC2)CC1. The van der Waals surface area contributed by atoms with Gasteiger partial charge in [0.1, 0.15) is 0 Å². The highest BCUT2D eigenvalue weighted by atomic mass is 35.5. The van der Waals surface area contributed by atoms with Crippen molar-refractivity contribution in [3.05, 3.63) is 0 Å². The van der Waals surface area contributed by atoms with Gasteiger partial charge >= 0.3 is 0 Å². The lowest BCUT2D eigenvalue weighted by Gasteiger charge is -2.21.